The molecule has 0 N–H and O–H groups in total. The zero-order valence-electron chi connectivity index (χ0n) is 18.2. The number of ether oxygens (including phenoxy) is 2. The summed E-state index contributed by atoms with van der Waals surface area (Å²) >= 11 is 0. The lowest BCUT2D eigenvalue weighted by Gasteiger charge is -2.09. The summed E-state index contributed by atoms with van der Waals surface area (Å²) in [6.07, 6.45) is 0. The van der Waals surface area contributed by atoms with Gasteiger partial charge in [0.1, 0.15) is 46.9 Å². The molecule has 6 heteroatoms. The predicted molar refractivity (Wildman–Crippen MR) is 125 cm³/mol. The molecule has 2 aliphatic rings. The van der Waals surface area contributed by atoms with Gasteiger partial charge in [-0.05, 0) is 93.0 Å². The first kappa shape index (κ1) is 20.6. The quantitative estimate of drug-likeness (QED) is 0.343. The van der Waals surface area contributed by atoms with Crippen molar-refractivity contribution in [2.75, 3.05) is 14.2 Å². The van der Waals surface area contributed by atoms with Crippen LogP contribution in [0.1, 0.15) is 22.3 Å². The largest absolute Gasteiger partial charge is 0.497 e. The predicted octanol–water partition coefficient (Wildman–Crippen LogP) is 5.36. The summed E-state index contributed by atoms with van der Waals surface area (Å²) in [5, 5.41) is 38.7. The maximum atomic E-state index is 9.69. The smallest absolute Gasteiger partial charge is 0.138 e. The van der Waals surface area contributed by atoms with Gasteiger partial charge in [-0.2, -0.15) is 21.0 Å². The van der Waals surface area contributed by atoms with Gasteiger partial charge in [0.15, 0.2) is 0 Å². The summed E-state index contributed by atoms with van der Waals surface area (Å²) in [5.41, 5.74) is 7.39. The van der Waals surface area contributed by atoms with Gasteiger partial charge in [-0.25, -0.2) is 0 Å². The first-order valence-electron chi connectivity index (χ1n) is 10.2. The van der Waals surface area contributed by atoms with E-state index in [1.54, 1.807) is 26.4 Å². The maximum Gasteiger partial charge on any atom is 0.138 e. The lowest BCUT2D eigenvalue weighted by Crippen LogP contribution is -1.90. The molecule has 0 amide bonds. The summed E-state index contributed by atoms with van der Waals surface area (Å²) in [6, 6.07) is 23.0. The van der Waals surface area contributed by atoms with Crippen LogP contribution < -0.4 is 9.47 Å². The molecule has 0 saturated carbocycles. The van der Waals surface area contributed by atoms with Gasteiger partial charge in [0.25, 0.3) is 0 Å². The average molecular weight is 438 g/mol. The fraction of sp³-hybridized carbons (Fsp3) is 0.0714. The van der Waals surface area contributed by atoms with E-state index in [1.807, 2.05) is 60.7 Å². The number of nitriles is 4. The zero-order valence-corrected chi connectivity index (χ0v) is 18.2. The molecule has 0 radical (unpaired) electrons. The Morgan fingerprint density at radius 2 is 0.853 bits per heavy atom. The minimum Gasteiger partial charge on any atom is -0.497 e. The molecule has 0 aliphatic heterocycles. The first-order valence-corrected chi connectivity index (χ1v) is 10.2. The molecule has 0 unspecified atom stereocenters. The highest BCUT2D eigenvalue weighted by molar-refractivity contribution is 6.11. The van der Waals surface area contributed by atoms with E-state index in [1.165, 1.54) is 0 Å². The van der Waals surface area contributed by atoms with Crippen LogP contribution in [0.15, 0.2) is 59.7 Å². The highest BCUT2D eigenvalue weighted by atomic mass is 16.5. The van der Waals surface area contributed by atoms with Crippen LogP contribution in [0.5, 0.6) is 11.5 Å². The SMILES string of the molecule is COc1ccc2c(c1)-c1cc3c(cc1C2=C(C#N)C#N)-c1cc(OC)ccc1C3=C(C#N)C#N. The lowest BCUT2D eigenvalue weighted by atomic mass is 9.93. The Kier molecular flexibility index (Phi) is 4.65. The minimum absolute atomic E-state index is 0.0134. The van der Waals surface area contributed by atoms with Crippen LogP contribution in [0, 0.1) is 45.3 Å². The number of allylic oxidation sites excluding steroid dienone is 2. The Balaban J connectivity index is 1.93. The molecule has 0 heterocycles. The molecule has 0 bridgehead atoms. The van der Waals surface area contributed by atoms with Crippen LogP contribution in [0.3, 0.4) is 0 Å². The molecule has 2 aliphatic carbocycles. The van der Waals surface area contributed by atoms with Gasteiger partial charge >= 0.3 is 0 Å². The van der Waals surface area contributed by atoms with Gasteiger partial charge in [-0.3, -0.25) is 0 Å². The van der Waals surface area contributed by atoms with Crippen molar-refractivity contribution < 1.29 is 9.47 Å². The standard InChI is InChI=1S/C28H14N4O2/c1-33-17-3-5-19-21(7-17)23-9-26-24(10-25(23)27(19)15(11-29)12-30)22-8-18(34-2)4-6-20(22)28(26)16(13-31)14-32/h3-10H,1-2H3. The Labute approximate surface area is 196 Å². The van der Waals surface area contributed by atoms with E-state index in [9.17, 15) is 21.0 Å². The van der Waals surface area contributed by atoms with Crippen LogP contribution in [-0.4, -0.2) is 14.2 Å². The third-order valence-electron chi connectivity index (χ3n) is 6.22. The summed E-state index contributed by atoms with van der Waals surface area (Å²) in [5.74, 6) is 1.28. The van der Waals surface area contributed by atoms with Crippen LogP contribution in [0.2, 0.25) is 0 Å². The second kappa shape index (κ2) is 7.68. The van der Waals surface area contributed by atoms with E-state index in [0.29, 0.717) is 22.6 Å². The summed E-state index contributed by atoms with van der Waals surface area (Å²) in [4.78, 5) is 0. The van der Waals surface area contributed by atoms with Gasteiger partial charge in [0.05, 0.1) is 14.2 Å². The molecule has 0 fully saturated rings. The van der Waals surface area contributed by atoms with Crippen molar-refractivity contribution in [2.24, 2.45) is 0 Å². The Morgan fingerprint density at radius 3 is 1.18 bits per heavy atom. The molecule has 34 heavy (non-hydrogen) atoms. The number of benzene rings is 3. The minimum atomic E-state index is 0.0134. The highest BCUT2D eigenvalue weighted by Crippen LogP contribution is 2.54. The van der Waals surface area contributed by atoms with E-state index < -0.39 is 0 Å². The highest BCUT2D eigenvalue weighted by Gasteiger charge is 2.33. The number of fused-ring (bicyclic) bond motifs is 6. The van der Waals surface area contributed by atoms with Crippen molar-refractivity contribution >= 4 is 11.1 Å². The zero-order chi connectivity index (χ0) is 24.0. The van der Waals surface area contributed by atoms with E-state index in [4.69, 9.17) is 9.47 Å². The van der Waals surface area contributed by atoms with Gasteiger partial charge in [0.2, 0.25) is 0 Å². The first-order chi connectivity index (χ1) is 16.6. The molecule has 158 valence electrons. The fourth-order valence-corrected chi connectivity index (χ4v) is 4.74. The normalized spacial score (nSPS) is 11.6. The molecular formula is C28H14N4O2. The van der Waals surface area contributed by atoms with Gasteiger partial charge in [-0.15, -0.1) is 0 Å². The summed E-state index contributed by atoms with van der Waals surface area (Å²) in [7, 11) is 3.15. The second-order valence-corrected chi connectivity index (χ2v) is 7.71. The Morgan fingerprint density at radius 1 is 0.500 bits per heavy atom. The van der Waals surface area contributed by atoms with Crippen molar-refractivity contribution in [3.8, 4) is 58.0 Å². The monoisotopic (exact) mass is 438 g/mol. The Bertz CT molecular complexity index is 1510. The van der Waals surface area contributed by atoms with Crippen molar-refractivity contribution in [1.82, 2.24) is 0 Å². The van der Waals surface area contributed by atoms with Crippen molar-refractivity contribution in [3.63, 3.8) is 0 Å². The number of nitrogens with zero attached hydrogens (tertiary/aromatic N) is 4. The molecule has 0 aromatic heterocycles. The third-order valence-corrected chi connectivity index (χ3v) is 6.22. The Hall–Kier alpha value is -5.30. The molecular weight excluding hydrogens is 424 g/mol. The summed E-state index contributed by atoms with van der Waals surface area (Å²) < 4.78 is 10.8. The molecule has 3 aromatic carbocycles. The number of rotatable bonds is 2. The van der Waals surface area contributed by atoms with Crippen LogP contribution in [0.4, 0.5) is 0 Å². The van der Waals surface area contributed by atoms with Gasteiger partial charge in [-0.1, -0.05) is 0 Å². The van der Waals surface area contributed by atoms with E-state index in [0.717, 1.165) is 44.5 Å². The lowest BCUT2D eigenvalue weighted by molar-refractivity contribution is 0.415. The summed E-state index contributed by atoms with van der Waals surface area (Å²) in [6.45, 7) is 0. The maximum absolute atomic E-state index is 9.69. The van der Waals surface area contributed by atoms with E-state index in [2.05, 4.69) is 0 Å². The third kappa shape index (κ3) is 2.71. The van der Waals surface area contributed by atoms with Crippen LogP contribution >= 0.6 is 0 Å². The van der Waals surface area contributed by atoms with Crippen molar-refractivity contribution in [2.45, 2.75) is 0 Å². The van der Waals surface area contributed by atoms with Crippen molar-refractivity contribution in [1.29, 1.82) is 21.0 Å². The number of hydrogen-bond donors (Lipinski definition) is 0. The number of methoxy groups -OCH3 is 2. The van der Waals surface area contributed by atoms with Crippen LogP contribution in [0.25, 0.3) is 33.4 Å². The molecule has 6 nitrogen and oxygen atoms in total. The molecule has 5 rings (SSSR count). The van der Waals surface area contributed by atoms with Crippen molar-refractivity contribution in [3.05, 3.63) is 81.9 Å². The van der Waals surface area contributed by atoms with E-state index >= 15 is 0 Å². The molecule has 0 saturated heterocycles. The fourth-order valence-electron chi connectivity index (χ4n) is 4.74. The number of hydrogen-bond acceptors (Lipinski definition) is 6. The topological polar surface area (TPSA) is 114 Å². The molecule has 0 atom stereocenters. The van der Waals surface area contributed by atoms with Gasteiger partial charge in [0, 0.05) is 11.1 Å². The van der Waals surface area contributed by atoms with Crippen LogP contribution in [-0.2, 0) is 0 Å². The molecule has 3 aromatic rings. The van der Waals surface area contributed by atoms with E-state index in [-0.39, 0.29) is 11.1 Å². The molecule has 0 spiro atoms. The second-order valence-electron chi connectivity index (χ2n) is 7.71. The van der Waals surface area contributed by atoms with Gasteiger partial charge < -0.3 is 9.47 Å². The average Bonchev–Trinajstić information content (AvgIpc) is 3.36.